The van der Waals surface area contributed by atoms with E-state index in [1.165, 1.54) is 4.90 Å². The van der Waals surface area contributed by atoms with Crippen molar-refractivity contribution in [2.45, 2.75) is 117 Å². The second-order valence-corrected chi connectivity index (χ2v) is 19.8. The van der Waals surface area contributed by atoms with Crippen LogP contribution in [0, 0.1) is 27.6 Å². The third-order valence-corrected chi connectivity index (χ3v) is 12.8. The summed E-state index contributed by atoms with van der Waals surface area (Å²) in [5.74, 6) is -0.883. The Labute approximate surface area is 391 Å². The summed E-state index contributed by atoms with van der Waals surface area (Å²) in [7, 11) is 0. The van der Waals surface area contributed by atoms with Crippen LogP contribution in [0.3, 0.4) is 0 Å². The zero-order chi connectivity index (χ0) is 47.8. The van der Waals surface area contributed by atoms with Crippen LogP contribution in [-0.4, -0.2) is 90.3 Å². The van der Waals surface area contributed by atoms with Crippen LogP contribution in [0.5, 0.6) is 5.75 Å². The van der Waals surface area contributed by atoms with Gasteiger partial charge in [0.1, 0.15) is 36.6 Å². The molecule has 3 aromatic carbocycles. The standard InChI is InChI=1S/C48H61ClN10O7/c1-46(2,3)39(43(64)59-27-34(60)23-37(59)42(63)52-26-29-11-13-30(14-12-29)40-55-57-58-56-40)53-38(61)28-65-22-10-8-9-21-51-33-18-15-31(16-19-33)41(62)54-44-47(4,5)45(48(44,6)7)66-35-20-17-32(25-50)36(49)24-35/h11-20,24,34,37,39-40,44-45,51,60H,8-10,21-23,26-28H2,1-7H3,(H,52,63)(H,53,61)(H,54,62)/t34-,37?,39-,44?,45?/m1/s1. The van der Waals surface area contributed by atoms with Crippen LogP contribution < -0.4 is 26.0 Å². The molecule has 66 heavy (non-hydrogen) atoms. The van der Waals surface area contributed by atoms with Crippen molar-refractivity contribution in [3.8, 4) is 11.8 Å². The van der Waals surface area contributed by atoms with Crippen LogP contribution in [0.4, 0.5) is 5.69 Å². The first-order valence-electron chi connectivity index (χ1n) is 22.3. The van der Waals surface area contributed by atoms with Gasteiger partial charge in [-0.1, -0.05) is 84.3 Å². The number of hydrogen-bond donors (Lipinski definition) is 5. The molecule has 6 rings (SSSR count). The van der Waals surface area contributed by atoms with Crippen LogP contribution in [0.1, 0.15) is 107 Å². The highest BCUT2D eigenvalue weighted by Crippen LogP contribution is 2.55. The molecule has 352 valence electrons. The number of benzene rings is 3. The van der Waals surface area contributed by atoms with Gasteiger partial charge in [0.25, 0.3) is 5.91 Å². The van der Waals surface area contributed by atoms with Crippen molar-refractivity contribution in [2.24, 2.45) is 36.9 Å². The predicted octanol–water partition coefficient (Wildman–Crippen LogP) is 7.06. The maximum atomic E-state index is 13.9. The average molecular weight is 926 g/mol. The molecule has 3 aromatic rings. The number of carbonyl (C=O) groups excluding carboxylic acids is 4. The molecule has 2 fully saturated rings. The van der Waals surface area contributed by atoms with Crippen molar-refractivity contribution in [1.29, 1.82) is 5.26 Å². The third kappa shape index (κ3) is 11.9. The lowest BCUT2D eigenvalue weighted by Crippen LogP contribution is -2.74. The molecule has 1 saturated heterocycles. The van der Waals surface area contributed by atoms with Crippen LogP contribution in [-0.2, 0) is 25.7 Å². The molecule has 4 amide bonds. The summed E-state index contributed by atoms with van der Waals surface area (Å²) < 4.78 is 12.0. The number of β-amino-alcohol motifs (C(OH)–C–C–N with tert-alkyl or cyclic N) is 1. The first kappa shape index (κ1) is 49.5. The lowest BCUT2D eigenvalue weighted by Gasteiger charge is -2.63. The van der Waals surface area contributed by atoms with E-state index in [1.54, 1.807) is 30.3 Å². The van der Waals surface area contributed by atoms with E-state index in [4.69, 9.17) is 21.1 Å². The van der Waals surface area contributed by atoms with Crippen molar-refractivity contribution in [1.82, 2.24) is 20.9 Å². The molecule has 0 aromatic heterocycles. The molecule has 3 atom stereocenters. The number of halogens is 1. The number of aliphatic hydroxyl groups is 1. The Morgan fingerprint density at radius 3 is 2.27 bits per heavy atom. The lowest BCUT2D eigenvalue weighted by atomic mass is 9.49. The van der Waals surface area contributed by atoms with Gasteiger partial charge in [0.15, 0.2) is 0 Å². The van der Waals surface area contributed by atoms with Gasteiger partial charge in [0, 0.05) is 72.4 Å². The molecule has 0 spiro atoms. The second kappa shape index (κ2) is 21.1. The smallest absolute Gasteiger partial charge is 0.251 e. The highest BCUT2D eigenvalue weighted by Gasteiger charge is 2.64. The van der Waals surface area contributed by atoms with Crippen LogP contribution in [0.25, 0.3) is 0 Å². The Kier molecular flexibility index (Phi) is 15.8. The van der Waals surface area contributed by atoms with Gasteiger partial charge in [-0.15, -0.1) is 10.2 Å². The average Bonchev–Trinajstić information content (AvgIpc) is 3.97. The molecule has 3 aliphatic rings. The number of hydrogen-bond acceptors (Lipinski definition) is 13. The fraction of sp³-hybridized carbons (Fsp3) is 0.521. The largest absolute Gasteiger partial charge is 0.489 e. The van der Waals surface area contributed by atoms with E-state index >= 15 is 0 Å². The zero-order valence-corrected chi connectivity index (χ0v) is 39.4. The first-order valence-corrected chi connectivity index (χ1v) is 22.7. The number of aliphatic hydroxyl groups excluding tert-OH is 1. The number of nitrogens with zero attached hydrogens (tertiary/aromatic N) is 6. The van der Waals surface area contributed by atoms with Gasteiger partial charge in [-0.25, -0.2) is 0 Å². The Balaban J connectivity index is 0.874. The highest BCUT2D eigenvalue weighted by molar-refractivity contribution is 6.31. The van der Waals surface area contributed by atoms with E-state index in [1.807, 2.05) is 57.2 Å². The first-order chi connectivity index (χ1) is 31.3. The molecular weight excluding hydrogens is 864 g/mol. The van der Waals surface area contributed by atoms with Crippen molar-refractivity contribution in [3.05, 3.63) is 94.0 Å². The number of nitriles is 1. The topological polar surface area (TPSA) is 232 Å². The van der Waals surface area contributed by atoms with Crippen molar-refractivity contribution in [2.75, 3.05) is 31.6 Å². The number of ether oxygens (including phenoxy) is 2. The third-order valence-electron chi connectivity index (χ3n) is 12.5. The molecule has 1 saturated carbocycles. The van der Waals surface area contributed by atoms with Crippen LogP contribution >= 0.6 is 11.6 Å². The number of amides is 4. The van der Waals surface area contributed by atoms with E-state index in [9.17, 15) is 29.5 Å². The Morgan fingerprint density at radius 2 is 1.64 bits per heavy atom. The maximum Gasteiger partial charge on any atom is 0.251 e. The number of likely N-dealkylation sites (tertiary alicyclic amines) is 1. The van der Waals surface area contributed by atoms with E-state index in [0.29, 0.717) is 35.1 Å². The van der Waals surface area contributed by atoms with Crippen molar-refractivity contribution < 1.29 is 33.8 Å². The number of rotatable bonds is 19. The van der Waals surface area contributed by atoms with Gasteiger partial charge in [0.05, 0.1) is 16.7 Å². The van der Waals surface area contributed by atoms with E-state index in [-0.39, 0.29) is 55.0 Å². The molecule has 2 heterocycles. The predicted molar refractivity (Wildman–Crippen MR) is 247 cm³/mol. The van der Waals surface area contributed by atoms with Crippen molar-refractivity contribution in [3.63, 3.8) is 0 Å². The number of carbonyl (C=O) groups is 4. The molecule has 0 bridgehead atoms. The normalized spacial score (nSPS) is 21.1. The number of anilines is 1. The Hall–Kier alpha value is -5.96. The molecule has 2 aliphatic heterocycles. The van der Waals surface area contributed by atoms with E-state index < -0.39 is 47.5 Å². The number of unbranched alkanes of at least 4 members (excludes halogenated alkanes) is 2. The monoisotopic (exact) mass is 924 g/mol. The summed E-state index contributed by atoms with van der Waals surface area (Å²) in [4.78, 5) is 55.0. The fourth-order valence-corrected chi connectivity index (χ4v) is 9.40. The summed E-state index contributed by atoms with van der Waals surface area (Å²) in [5.41, 5.74) is 2.01. The summed E-state index contributed by atoms with van der Waals surface area (Å²) in [5, 5.41) is 47.3. The maximum absolute atomic E-state index is 13.9. The minimum absolute atomic E-state index is 0.0255. The molecule has 1 aliphatic carbocycles. The van der Waals surface area contributed by atoms with Gasteiger partial charge < -0.3 is 40.7 Å². The SMILES string of the molecule is CC1(C)C(NC(=O)c2ccc(NCCCCCOCC(=O)N[C@H](C(=O)N3C[C@H](O)CC3C(=O)NCc3ccc(C4N=NN=N4)cc3)C(C)(C)C)cc2)C(C)(C)C1Oc1ccc(C#N)c(Cl)c1. The van der Waals surface area contributed by atoms with Gasteiger partial charge >= 0.3 is 0 Å². The summed E-state index contributed by atoms with van der Waals surface area (Å²) in [6.07, 6.45) is 0.948. The van der Waals surface area contributed by atoms with Crippen LogP contribution in [0.15, 0.2) is 87.4 Å². The van der Waals surface area contributed by atoms with Crippen LogP contribution in [0.2, 0.25) is 5.02 Å². The summed E-state index contributed by atoms with van der Waals surface area (Å²) >= 11 is 6.23. The van der Waals surface area contributed by atoms with Gasteiger partial charge in [-0.2, -0.15) is 5.26 Å². The summed E-state index contributed by atoms with van der Waals surface area (Å²) in [6, 6.07) is 19.8. The molecule has 1 unspecified atom stereocenters. The zero-order valence-electron chi connectivity index (χ0n) is 38.6. The molecule has 0 radical (unpaired) electrons. The van der Waals surface area contributed by atoms with Gasteiger partial charge in [-0.05, 0) is 77.1 Å². The molecule has 17 nitrogen and oxygen atoms in total. The molecular formula is C48H61ClN10O7. The highest BCUT2D eigenvalue weighted by atomic mass is 35.5. The van der Waals surface area contributed by atoms with E-state index in [2.05, 4.69) is 75.7 Å². The molecule has 5 N–H and O–H groups in total. The Morgan fingerprint density at radius 1 is 0.955 bits per heavy atom. The quantitative estimate of drug-likeness (QED) is 0.0774. The molecule has 18 heteroatoms. The van der Waals surface area contributed by atoms with Crippen molar-refractivity contribution >= 4 is 40.9 Å². The Bertz CT molecular complexity index is 2300. The van der Waals surface area contributed by atoms with E-state index in [0.717, 1.165) is 36.1 Å². The second-order valence-electron chi connectivity index (χ2n) is 19.4. The lowest BCUT2D eigenvalue weighted by molar-refractivity contribution is -0.164. The van der Waals surface area contributed by atoms with Gasteiger partial charge in [0.2, 0.25) is 23.9 Å². The minimum Gasteiger partial charge on any atom is -0.489 e. The number of nitrogens with one attached hydrogen (secondary N) is 4. The fourth-order valence-electron chi connectivity index (χ4n) is 9.19. The van der Waals surface area contributed by atoms with Gasteiger partial charge in [-0.3, -0.25) is 19.2 Å². The summed E-state index contributed by atoms with van der Waals surface area (Å²) in [6.45, 7) is 14.8. The minimum atomic E-state index is -0.959.